The average Bonchev–Trinajstić information content (AvgIpc) is 2.92. The first-order valence-corrected chi connectivity index (χ1v) is 12.7. The van der Waals surface area contributed by atoms with Gasteiger partial charge in [-0.25, -0.2) is 4.39 Å². The molecule has 0 saturated carbocycles. The van der Waals surface area contributed by atoms with Gasteiger partial charge in [-0.05, 0) is 37.3 Å². The largest absolute Gasteiger partial charge is 0.467 e. The first-order valence-electron chi connectivity index (χ1n) is 12.7. The Morgan fingerprint density at radius 1 is 1.39 bits per heavy atom. The maximum atomic E-state index is 13.6. The van der Waals surface area contributed by atoms with Crippen LogP contribution in [-0.4, -0.2) is 66.9 Å². The number of ether oxygens (including phenoxy) is 1. The second-order valence-corrected chi connectivity index (χ2v) is 9.94. The monoisotopic (exact) mass is 520 g/mol. The van der Waals surface area contributed by atoms with E-state index in [0.717, 1.165) is 30.3 Å². The Morgan fingerprint density at radius 2 is 2.18 bits per heavy atom. The summed E-state index contributed by atoms with van der Waals surface area (Å²) in [7, 11) is 3.25. The highest BCUT2D eigenvalue weighted by Gasteiger charge is 2.39. The lowest BCUT2D eigenvalue weighted by atomic mass is 9.68. The van der Waals surface area contributed by atoms with Crippen molar-refractivity contribution in [3.05, 3.63) is 53.0 Å². The number of nitrogens with zero attached hydrogens (tertiary/aromatic N) is 5. The van der Waals surface area contributed by atoms with Crippen LogP contribution in [0.2, 0.25) is 0 Å². The van der Waals surface area contributed by atoms with E-state index in [4.69, 9.17) is 4.74 Å². The SMILES string of the molecule is C=C(F)C(=O)N1CCN(c2nc(OC)nc(CC3(C=O)CCCc4cc(C)ccc43)c2NC)CC1CC#N. The highest BCUT2D eigenvalue weighted by molar-refractivity contribution is 5.91. The molecule has 2 atom stereocenters. The van der Waals surface area contributed by atoms with Crippen LogP contribution in [0, 0.1) is 18.3 Å². The third-order valence-corrected chi connectivity index (χ3v) is 7.55. The Morgan fingerprint density at radius 3 is 2.84 bits per heavy atom. The predicted molar refractivity (Wildman–Crippen MR) is 142 cm³/mol. The number of aromatic nitrogens is 2. The molecule has 1 aromatic heterocycles. The van der Waals surface area contributed by atoms with E-state index in [1.54, 1.807) is 7.05 Å². The average molecular weight is 521 g/mol. The highest BCUT2D eigenvalue weighted by Crippen LogP contribution is 2.41. The lowest BCUT2D eigenvalue weighted by Gasteiger charge is -2.41. The van der Waals surface area contributed by atoms with Crippen LogP contribution in [0.15, 0.2) is 30.6 Å². The number of nitrogens with one attached hydrogen (secondary N) is 1. The van der Waals surface area contributed by atoms with Crippen molar-refractivity contribution in [3.8, 4) is 12.1 Å². The first-order chi connectivity index (χ1) is 18.3. The molecule has 1 amide bonds. The topological polar surface area (TPSA) is 111 Å². The molecule has 200 valence electrons. The molecule has 4 rings (SSSR count). The van der Waals surface area contributed by atoms with Crippen LogP contribution < -0.4 is 15.0 Å². The van der Waals surface area contributed by atoms with Crippen LogP contribution in [-0.2, 0) is 27.8 Å². The van der Waals surface area contributed by atoms with Crippen molar-refractivity contribution < 1.29 is 18.7 Å². The van der Waals surface area contributed by atoms with Gasteiger partial charge in [0.05, 0.1) is 42.4 Å². The summed E-state index contributed by atoms with van der Waals surface area (Å²) in [5.41, 5.74) is 3.93. The number of halogens is 1. The van der Waals surface area contributed by atoms with E-state index in [1.807, 2.05) is 11.0 Å². The number of benzene rings is 1. The van der Waals surface area contributed by atoms with Gasteiger partial charge >= 0.3 is 6.01 Å². The van der Waals surface area contributed by atoms with E-state index in [0.29, 0.717) is 36.6 Å². The number of aldehydes is 1. The maximum absolute atomic E-state index is 13.6. The van der Waals surface area contributed by atoms with E-state index in [2.05, 4.69) is 47.0 Å². The third-order valence-electron chi connectivity index (χ3n) is 7.55. The molecule has 0 bridgehead atoms. The Kier molecular flexibility index (Phi) is 7.95. The van der Waals surface area contributed by atoms with Crippen LogP contribution in [0.5, 0.6) is 6.01 Å². The molecule has 10 heteroatoms. The van der Waals surface area contributed by atoms with E-state index >= 15 is 0 Å². The van der Waals surface area contributed by atoms with Crippen molar-refractivity contribution in [3.63, 3.8) is 0 Å². The maximum Gasteiger partial charge on any atom is 0.318 e. The number of rotatable bonds is 8. The van der Waals surface area contributed by atoms with Gasteiger partial charge in [0, 0.05) is 33.1 Å². The minimum Gasteiger partial charge on any atom is -0.467 e. The van der Waals surface area contributed by atoms with Crippen LogP contribution in [0.4, 0.5) is 15.9 Å². The van der Waals surface area contributed by atoms with Gasteiger partial charge < -0.3 is 24.6 Å². The zero-order chi connectivity index (χ0) is 27.4. The molecule has 1 aliphatic carbocycles. The quantitative estimate of drug-likeness (QED) is 0.417. The summed E-state index contributed by atoms with van der Waals surface area (Å²) in [5.74, 6) is -1.31. The lowest BCUT2D eigenvalue weighted by Crippen LogP contribution is -2.55. The van der Waals surface area contributed by atoms with Crippen molar-refractivity contribution in [2.24, 2.45) is 0 Å². The number of hydrogen-bond acceptors (Lipinski definition) is 8. The number of fused-ring (bicyclic) bond motifs is 1. The molecular formula is C28H33FN6O3. The fraction of sp³-hybridized carbons (Fsp3) is 0.464. The molecule has 2 unspecified atom stereocenters. The minimum absolute atomic E-state index is 0.0317. The summed E-state index contributed by atoms with van der Waals surface area (Å²) in [6.45, 7) is 6.00. The molecule has 1 fully saturated rings. The fourth-order valence-corrected chi connectivity index (χ4v) is 5.72. The smallest absolute Gasteiger partial charge is 0.318 e. The predicted octanol–water partition coefficient (Wildman–Crippen LogP) is 3.27. The standard InChI is InChI=1S/C28H33FN6O3/c1-18-7-8-22-20(14-18)6-5-10-28(22,17-36)15-23-24(31-3)25(33-27(32-23)38-4)34-12-13-35(26(37)19(2)29)21(16-34)9-11-30/h7-8,14,17,21,31H,2,5-6,9-10,12-13,15-16H2,1,3-4H3. The Balaban J connectivity index is 1.74. The summed E-state index contributed by atoms with van der Waals surface area (Å²) < 4.78 is 19.1. The van der Waals surface area contributed by atoms with Gasteiger partial charge in [0.2, 0.25) is 0 Å². The van der Waals surface area contributed by atoms with Crippen LogP contribution in [0.3, 0.4) is 0 Å². The van der Waals surface area contributed by atoms with Crippen LogP contribution in [0.25, 0.3) is 0 Å². The molecule has 1 aromatic carbocycles. The fourth-order valence-electron chi connectivity index (χ4n) is 5.72. The highest BCUT2D eigenvalue weighted by atomic mass is 19.1. The number of anilines is 2. The van der Waals surface area contributed by atoms with Gasteiger partial charge in [-0.2, -0.15) is 15.2 Å². The van der Waals surface area contributed by atoms with Crippen LogP contribution >= 0.6 is 0 Å². The van der Waals surface area contributed by atoms with Gasteiger partial charge in [-0.15, -0.1) is 0 Å². The first kappa shape index (κ1) is 27.0. The summed E-state index contributed by atoms with van der Waals surface area (Å²) in [4.78, 5) is 37.6. The Hall–Kier alpha value is -4.00. The number of aryl methyl sites for hydroxylation is 2. The number of amides is 1. The van der Waals surface area contributed by atoms with E-state index in [-0.39, 0.29) is 25.5 Å². The molecule has 1 saturated heterocycles. The normalized spacial score (nSPS) is 20.8. The van der Waals surface area contributed by atoms with Gasteiger partial charge in [-0.3, -0.25) is 4.79 Å². The van der Waals surface area contributed by atoms with Gasteiger partial charge in [-0.1, -0.05) is 30.3 Å². The van der Waals surface area contributed by atoms with E-state index in [1.165, 1.54) is 17.6 Å². The van der Waals surface area contributed by atoms with Crippen molar-refractivity contribution >= 4 is 23.7 Å². The van der Waals surface area contributed by atoms with Gasteiger partial charge in [0.25, 0.3) is 5.91 Å². The number of nitriles is 1. The summed E-state index contributed by atoms with van der Waals surface area (Å²) in [6.07, 6.45) is 3.96. The zero-order valence-electron chi connectivity index (χ0n) is 22.1. The number of carbonyl (C=O) groups excluding carboxylic acids is 2. The third kappa shape index (κ3) is 5.05. The number of methoxy groups -OCH3 is 1. The summed E-state index contributed by atoms with van der Waals surface area (Å²) in [5, 5.41) is 12.6. The van der Waals surface area contributed by atoms with Crippen molar-refractivity contribution in [2.75, 3.05) is 44.0 Å². The molecule has 1 aliphatic heterocycles. The number of hydrogen-bond donors (Lipinski definition) is 1. The number of carbonyl (C=O) groups is 2. The van der Waals surface area contributed by atoms with E-state index in [9.17, 15) is 19.2 Å². The minimum atomic E-state index is -1.05. The van der Waals surface area contributed by atoms with Crippen molar-refractivity contribution in [1.82, 2.24) is 14.9 Å². The van der Waals surface area contributed by atoms with Crippen LogP contribution in [0.1, 0.15) is 41.6 Å². The molecule has 38 heavy (non-hydrogen) atoms. The second-order valence-electron chi connectivity index (χ2n) is 9.94. The van der Waals surface area contributed by atoms with Crippen molar-refractivity contribution in [1.29, 1.82) is 5.26 Å². The molecule has 0 radical (unpaired) electrons. The summed E-state index contributed by atoms with van der Waals surface area (Å²) in [6, 6.07) is 7.95. The van der Waals surface area contributed by atoms with Gasteiger partial charge in [0.15, 0.2) is 11.6 Å². The lowest BCUT2D eigenvalue weighted by molar-refractivity contribution is -0.131. The molecule has 2 aliphatic rings. The molecule has 1 N–H and O–H groups in total. The summed E-state index contributed by atoms with van der Waals surface area (Å²) >= 11 is 0. The Labute approximate surface area is 222 Å². The number of piperazine rings is 1. The molecular weight excluding hydrogens is 487 g/mol. The van der Waals surface area contributed by atoms with Gasteiger partial charge in [0.1, 0.15) is 6.29 Å². The second kappa shape index (κ2) is 11.2. The molecule has 9 nitrogen and oxygen atoms in total. The molecule has 2 aromatic rings. The van der Waals surface area contributed by atoms with Crippen molar-refractivity contribution in [2.45, 2.75) is 50.5 Å². The Bertz CT molecular complexity index is 1290. The molecule has 2 heterocycles. The molecule has 0 spiro atoms. The zero-order valence-corrected chi connectivity index (χ0v) is 22.1. The van der Waals surface area contributed by atoms with E-state index < -0.39 is 23.2 Å².